The molecule has 1 aromatic heterocycles. The van der Waals surface area contributed by atoms with Gasteiger partial charge in [-0.25, -0.2) is 0 Å². The van der Waals surface area contributed by atoms with Gasteiger partial charge in [0.05, 0.1) is 17.9 Å². The number of methoxy groups -OCH3 is 1. The Labute approximate surface area is 147 Å². The maximum Gasteiger partial charge on any atom is 0.253 e. The molecule has 0 spiro atoms. The summed E-state index contributed by atoms with van der Waals surface area (Å²) in [6.07, 6.45) is 2.48. The summed E-state index contributed by atoms with van der Waals surface area (Å²) in [7, 11) is 1.62. The van der Waals surface area contributed by atoms with E-state index in [2.05, 4.69) is 4.98 Å². The van der Waals surface area contributed by atoms with E-state index < -0.39 is 5.91 Å². The van der Waals surface area contributed by atoms with Crippen LogP contribution in [0.15, 0.2) is 42.6 Å². The average Bonchev–Trinajstić information content (AvgIpc) is 2.64. The van der Waals surface area contributed by atoms with Crippen molar-refractivity contribution in [2.24, 2.45) is 5.73 Å². The zero-order chi connectivity index (χ0) is 18.2. The second kappa shape index (κ2) is 8.94. The van der Waals surface area contributed by atoms with Gasteiger partial charge in [-0.15, -0.1) is 0 Å². The summed E-state index contributed by atoms with van der Waals surface area (Å²) in [5, 5.41) is 0. The van der Waals surface area contributed by atoms with Gasteiger partial charge in [0.2, 0.25) is 0 Å². The van der Waals surface area contributed by atoms with E-state index in [1.54, 1.807) is 54.6 Å². The lowest BCUT2D eigenvalue weighted by molar-refractivity contribution is 0.0695. The van der Waals surface area contributed by atoms with Gasteiger partial charge in [-0.3, -0.25) is 14.6 Å². The molecule has 0 unspecified atom stereocenters. The van der Waals surface area contributed by atoms with Crippen molar-refractivity contribution in [2.45, 2.75) is 13.3 Å². The van der Waals surface area contributed by atoms with E-state index >= 15 is 0 Å². The number of pyridine rings is 1. The van der Waals surface area contributed by atoms with Crippen LogP contribution in [0.1, 0.15) is 34.1 Å². The first-order valence-corrected chi connectivity index (χ1v) is 8.22. The zero-order valence-corrected chi connectivity index (χ0v) is 14.6. The molecule has 0 radical (unpaired) electrons. The quantitative estimate of drug-likeness (QED) is 0.798. The standard InChI is InChI=1S/C19H23N3O3/c1-3-11-22(12-13-25-2)19(24)15-8-6-14(7-9-15)17-16(18(20)23)5-4-10-21-17/h4-10H,3,11-13H2,1-2H3,(H2,20,23). The number of amides is 2. The van der Waals surface area contributed by atoms with Gasteiger partial charge < -0.3 is 15.4 Å². The number of ether oxygens (including phenoxy) is 1. The molecule has 1 aromatic carbocycles. The Bertz CT molecular complexity index is 729. The third-order valence-electron chi connectivity index (χ3n) is 3.82. The summed E-state index contributed by atoms with van der Waals surface area (Å²) in [5.41, 5.74) is 7.60. The molecule has 0 aliphatic rings. The Kier molecular flexibility index (Phi) is 6.65. The summed E-state index contributed by atoms with van der Waals surface area (Å²) in [5.74, 6) is -0.571. The fourth-order valence-electron chi connectivity index (χ4n) is 2.57. The summed E-state index contributed by atoms with van der Waals surface area (Å²) in [4.78, 5) is 30.2. The Balaban J connectivity index is 2.24. The highest BCUT2D eigenvalue weighted by Gasteiger charge is 2.16. The van der Waals surface area contributed by atoms with Gasteiger partial charge in [0.25, 0.3) is 11.8 Å². The molecule has 6 heteroatoms. The Hall–Kier alpha value is -2.73. The van der Waals surface area contributed by atoms with Gasteiger partial charge in [0, 0.05) is 37.5 Å². The molecule has 0 bridgehead atoms. The molecule has 0 fully saturated rings. The molecule has 2 amide bonds. The molecule has 25 heavy (non-hydrogen) atoms. The lowest BCUT2D eigenvalue weighted by atomic mass is 10.0. The minimum atomic E-state index is -0.531. The second-order valence-electron chi connectivity index (χ2n) is 5.63. The molecule has 0 aliphatic heterocycles. The van der Waals surface area contributed by atoms with Crippen molar-refractivity contribution < 1.29 is 14.3 Å². The molecule has 0 saturated carbocycles. The van der Waals surface area contributed by atoms with Gasteiger partial charge >= 0.3 is 0 Å². The number of rotatable bonds is 8. The lowest BCUT2D eigenvalue weighted by Gasteiger charge is -2.22. The van der Waals surface area contributed by atoms with Crippen LogP contribution in [0.25, 0.3) is 11.3 Å². The summed E-state index contributed by atoms with van der Waals surface area (Å²) in [6, 6.07) is 10.3. The summed E-state index contributed by atoms with van der Waals surface area (Å²) >= 11 is 0. The monoisotopic (exact) mass is 341 g/mol. The highest BCUT2D eigenvalue weighted by Crippen LogP contribution is 2.21. The van der Waals surface area contributed by atoms with Gasteiger partial charge in [0.1, 0.15) is 0 Å². The highest BCUT2D eigenvalue weighted by atomic mass is 16.5. The van der Waals surface area contributed by atoms with Crippen LogP contribution in [0.5, 0.6) is 0 Å². The van der Waals surface area contributed by atoms with Crippen LogP contribution in [0.4, 0.5) is 0 Å². The predicted molar refractivity (Wildman–Crippen MR) is 96.3 cm³/mol. The molecule has 2 N–H and O–H groups in total. The Morgan fingerprint density at radius 3 is 2.48 bits per heavy atom. The maximum absolute atomic E-state index is 12.6. The first kappa shape index (κ1) is 18.6. The van der Waals surface area contributed by atoms with Crippen molar-refractivity contribution in [1.82, 2.24) is 9.88 Å². The highest BCUT2D eigenvalue weighted by molar-refractivity contribution is 5.99. The van der Waals surface area contributed by atoms with Crippen LogP contribution in [-0.2, 0) is 4.74 Å². The van der Waals surface area contributed by atoms with Crippen LogP contribution < -0.4 is 5.73 Å². The fourth-order valence-corrected chi connectivity index (χ4v) is 2.57. The minimum absolute atomic E-state index is 0.0402. The molecule has 0 aliphatic carbocycles. The molecule has 0 atom stereocenters. The molecule has 2 aromatic rings. The molecular weight excluding hydrogens is 318 g/mol. The van der Waals surface area contributed by atoms with Crippen molar-refractivity contribution in [3.8, 4) is 11.3 Å². The van der Waals surface area contributed by atoms with Crippen LogP contribution in [0.3, 0.4) is 0 Å². The lowest BCUT2D eigenvalue weighted by Crippen LogP contribution is -2.34. The number of nitrogens with zero attached hydrogens (tertiary/aromatic N) is 2. The maximum atomic E-state index is 12.6. The van der Waals surface area contributed by atoms with E-state index in [4.69, 9.17) is 10.5 Å². The van der Waals surface area contributed by atoms with Crippen LogP contribution in [0, 0.1) is 0 Å². The Morgan fingerprint density at radius 2 is 1.88 bits per heavy atom. The van der Waals surface area contributed by atoms with E-state index in [9.17, 15) is 9.59 Å². The second-order valence-corrected chi connectivity index (χ2v) is 5.63. The van der Waals surface area contributed by atoms with Crippen molar-refractivity contribution in [3.63, 3.8) is 0 Å². The number of hydrogen-bond acceptors (Lipinski definition) is 4. The summed E-state index contributed by atoms with van der Waals surface area (Å²) in [6.45, 7) is 3.76. The molecular formula is C19H23N3O3. The van der Waals surface area contributed by atoms with E-state index in [1.807, 2.05) is 6.92 Å². The number of nitrogens with two attached hydrogens (primary N) is 1. The molecule has 2 rings (SSSR count). The van der Waals surface area contributed by atoms with Gasteiger partial charge in [-0.05, 0) is 30.7 Å². The minimum Gasteiger partial charge on any atom is -0.383 e. The third-order valence-corrected chi connectivity index (χ3v) is 3.82. The predicted octanol–water partition coefficient (Wildman–Crippen LogP) is 2.35. The average molecular weight is 341 g/mol. The molecule has 1 heterocycles. The first-order chi connectivity index (χ1) is 12.1. The molecule has 0 saturated heterocycles. The van der Waals surface area contributed by atoms with Crippen molar-refractivity contribution in [1.29, 1.82) is 0 Å². The van der Waals surface area contributed by atoms with E-state index in [1.165, 1.54) is 0 Å². The number of aromatic nitrogens is 1. The van der Waals surface area contributed by atoms with Crippen LogP contribution >= 0.6 is 0 Å². The van der Waals surface area contributed by atoms with Crippen molar-refractivity contribution >= 4 is 11.8 Å². The van der Waals surface area contributed by atoms with E-state index in [0.29, 0.717) is 36.5 Å². The number of carbonyl (C=O) groups is 2. The topological polar surface area (TPSA) is 85.5 Å². The first-order valence-electron chi connectivity index (χ1n) is 8.22. The van der Waals surface area contributed by atoms with Gasteiger partial charge in [-0.1, -0.05) is 19.1 Å². The largest absolute Gasteiger partial charge is 0.383 e. The number of benzene rings is 1. The molecule has 6 nitrogen and oxygen atoms in total. The smallest absolute Gasteiger partial charge is 0.253 e. The van der Waals surface area contributed by atoms with E-state index in [-0.39, 0.29) is 5.91 Å². The Morgan fingerprint density at radius 1 is 1.16 bits per heavy atom. The van der Waals surface area contributed by atoms with E-state index in [0.717, 1.165) is 12.0 Å². The normalized spacial score (nSPS) is 10.5. The SMILES string of the molecule is CCCN(CCOC)C(=O)c1ccc(-c2ncccc2C(N)=O)cc1. The van der Waals surface area contributed by atoms with Gasteiger partial charge in [0.15, 0.2) is 0 Å². The summed E-state index contributed by atoms with van der Waals surface area (Å²) < 4.78 is 5.07. The number of hydrogen-bond donors (Lipinski definition) is 1. The third kappa shape index (κ3) is 4.64. The fraction of sp³-hybridized carbons (Fsp3) is 0.316. The number of carbonyl (C=O) groups excluding carboxylic acids is 2. The van der Waals surface area contributed by atoms with Crippen molar-refractivity contribution in [2.75, 3.05) is 26.8 Å². The van der Waals surface area contributed by atoms with Crippen molar-refractivity contribution in [3.05, 3.63) is 53.7 Å². The molecule has 132 valence electrons. The van der Waals surface area contributed by atoms with Crippen LogP contribution in [0.2, 0.25) is 0 Å². The van der Waals surface area contributed by atoms with Gasteiger partial charge in [-0.2, -0.15) is 0 Å². The zero-order valence-electron chi connectivity index (χ0n) is 14.6. The van der Waals surface area contributed by atoms with Crippen LogP contribution in [-0.4, -0.2) is 48.5 Å². The number of primary amides is 1.